The number of hydrogen-bond acceptors (Lipinski definition) is 10. The molecule has 3 N–H and O–H groups in total. The summed E-state index contributed by atoms with van der Waals surface area (Å²) in [6, 6.07) is 1.38. The van der Waals surface area contributed by atoms with Crippen molar-refractivity contribution in [2.75, 3.05) is 70.7 Å². The Kier molecular flexibility index (Phi) is 8.83. The number of aromatic nitrogens is 2. The molecule has 1 aromatic rings. The van der Waals surface area contributed by atoms with Crippen molar-refractivity contribution in [1.82, 2.24) is 25.5 Å². The number of hydrogen-bond donors (Lipinski definition) is 3. The minimum atomic E-state index is -0.699. The summed E-state index contributed by atoms with van der Waals surface area (Å²) in [7, 11) is 0. The number of allylic oxidation sites excluding steroid dienone is 2. The predicted molar refractivity (Wildman–Crippen MR) is 126 cm³/mol. The van der Waals surface area contributed by atoms with Crippen molar-refractivity contribution < 1.29 is 24.1 Å². The van der Waals surface area contributed by atoms with Gasteiger partial charge in [-0.3, -0.25) is 15.0 Å². The van der Waals surface area contributed by atoms with Gasteiger partial charge >= 0.3 is 0 Å². The molecule has 0 bridgehead atoms. The summed E-state index contributed by atoms with van der Waals surface area (Å²) in [5.41, 5.74) is 0.902. The zero-order chi connectivity index (χ0) is 23.8. The lowest BCUT2D eigenvalue weighted by Crippen LogP contribution is -2.43. The Balaban J connectivity index is 1.47. The standard InChI is InChI=1S/C23H34N6O5/c1-17(30)24-18-4-2-3-5-19(18)25-22(31)20-16-21(34-15-8-28-6-11-32-12-7-28)27-23(26-20)29-9-13-33-14-10-29/h2-3,5,16-18,24,30H,4,6-15H2,1H3,(H,25,31). The SMILES string of the molecule is CC(O)NC1CC=CC=C1NC(=O)c1cc(OCCN2CCOCC2)nc(N2CCOCC2)n1. The van der Waals surface area contributed by atoms with Crippen LogP contribution in [0.2, 0.25) is 0 Å². The van der Waals surface area contributed by atoms with E-state index in [0.29, 0.717) is 56.9 Å². The number of nitrogens with one attached hydrogen (secondary N) is 2. The Bertz CT molecular complexity index is 881. The molecule has 186 valence electrons. The van der Waals surface area contributed by atoms with Crippen molar-refractivity contribution in [3.05, 3.63) is 35.7 Å². The monoisotopic (exact) mass is 474 g/mol. The van der Waals surface area contributed by atoms with Crippen LogP contribution in [0.15, 0.2) is 30.0 Å². The maximum atomic E-state index is 13.2. The molecular formula is C23H34N6O5. The van der Waals surface area contributed by atoms with E-state index in [4.69, 9.17) is 14.2 Å². The lowest BCUT2D eigenvalue weighted by Gasteiger charge is -2.28. The summed E-state index contributed by atoms with van der Waals surface area (Å²) in [4.78, 5) is 26.5. The molecule has 2 atom stereocenters. The highest BCUT2D eigenvalue weighted by molar-refractivity contribution is 5.94. The number of aliphatic hydroxyl groups excluding tert-OH is 1. The fourth-order valence-electron chi connectivity index (χ4n) is 4.01. The largest absolute Gasteiger partial charge is 0.476 e. The van der Waals surface area contributed by atoms with Crippen molar-refractivity contribution in [3.8, 4) is 5.88 Å². The molecule has 1 aliphatic carbocycles. The smallest absolute Gasteiger partial charge is 0.274 e. The second-order valence-electron chi connectivity index (χ2n) is 8.43. The van der Waals surface area contributed by atoms with Gasteiger partial charge in [-0.1, -0.05) is 12.2 Å². The molecule has 0 aromatic carbocycles. The maximum Gasteiger partial charge on any atom is 0.274 e. The molecule has 0 spiro atoms. The minimum absolute atomic E-state index is 0.196. The van der Waals surface area contributed by atoms with Crippen LogP contribution in [0, 0.1) is 0 Å². The Labute approximate surface area is 199 Å². The van der Waals surface area contributed by atoms with Crippen molar-refractivity contribution in [1.29, 1.82) is 0 Å². The lowest BCUT2D eigenvalue weighted by atomic mass is 10.0. The fourth-order valence-corrected chi connectivity index (χ4v) is 4.01. The normalized spacial score (nSPS) is 22.2. The summed E-state index contributed by atoms with van der Waals surface area (Å²) in [6.45, 7) is 8.54. The number of amides is 1. The predicted octanol–water partition coefficient (Wildman–Crippen LogP) is -0.106. The number of aliphatic hydroxyl groups is 1. The van der Waals surface area contributed by atoms with E-state index < -0.39 is 6.23 Å². The minimum Gasteiger partial charge on any atom is -0.476 e. The third-order valence-corrected chi connectivity index (χ3v) is 5.84. The number of carbonyl (C=O) groups is 1. The van der Waals surface area contributed by atoms with Gasteiger partial charge in [0.05, 0.1) is 32.5 Å². The van der Waals surface area contributed by atoms with Crippen LogP contribution in [-0.4, -0.2) is 104 Å². The Hall–Kier alpha value is -2.57. The summed E-state index contributed by atoms with van der Waals surface area (Å²) in [5.74, 6) is 0.466. The quantitative estimate of drug-likeness (QED) is 0.418. The van der Waals surface area contributed by atoms with Crippen LogP contribution in [0.5, 0.6) is 5.88 Å². The van der Waals surface area contributed by atoms with Gasteiger partial charge in [-0.15, -0.1) is 0 Å². The first-order valence-electron chi connectivity index (χ1n) is 11.9. The van der Waals surface area contributed by atoms with E-state index in [1.54, 1.807) is 13.0 Å². The highest BCUT2D eigenvalue weighted by atomic mass is 16.5. The molecule has 2 unspecified atom stereocenters. The molecule has 3 heterocycles. The molecule has 2 fully saturated rings. The first-order chi connectivity index (χ1) is 16.6. The third-order valence-electron chi connectivity index (χ3n) is 5.84. The van der Waals surface area contributed by atoms with E-state index in [9.17, 15) is 9.90 Å². The van der Waals surface area contributed by atoms with Crippen LogP contribution in [0.25, 0.3) is 0 Å². The molecule has 34 heavy (non-hydrogen) atoms. The summed E-state index contributed by atoms with van der Waals surface area (Å²) < 4.78 is 16.8. The van der Waals surface area contributed by atoms with Crippen molar-refractivity contribution in [2.45, 2.75) is 25.6 Å². The van der Waals surface area contributed by atoms with Crippen molar-refractivity contribution in [3.63, 3.8) is 0 Å². The topological polar surface area (TPSA) is 121 Å². The maximum absolute atomic E-state index is 13.2. The molecular weight excluding hydrogens is 440 g/mol. The van der Waals surface area contributed by atoms with Crippen LogP contribution in [0.4, 0.5) is 5.95 Å². The van der Waals surface area contributed by atoms with E-state index >= 15 is 0 Å². The molecule has 1 amide bonds. The van der Waals surface area contributed by atoms with E-state index in [1.165, 1.54) is 0 Å². The third kappa shape index (κ3) is 6.97. The first kappa shape index (κ1) is 24.6. The van der Waals surface area contributed by atoms with Gasteiger partial charge in [0.25, 0.3) is 5.91 Å². The Morgan fingerprint density at radius 3 is 2.68 bits per heavy atom. The fraction of sp³-hybridized carbons (Fsp3) is 0.609. The number of morpholine rings is 2. The van der Waals surface area contributed by atoms with Gasteiger partial charge in [-0.2, -0.15) is 4.98 Å². The van der Waals surface area contributed by atoms with Gasteiger partial charge in [0.15, 0.2) is 0 Å². The first-order valence-corrected chi connectivity index (χ1v) is 11.9. The van der Waals surface area contributed by atoms with Gasteiger partial charge in [0, 0.05) is 44.5 Å². The van der Waals surface area contributed by atoms with Crippen LogP contribution in [-0.2, 0) is 9.47 Å². The lowest BCUT2D eigenvalue weighted by molar-refractivity contribution is 0.0320. The van der Waals surface area contributed by atoms with Crippen molar-refractivity contribution >= 4 is 11.9 Å². The number of nitrogens with zero attached hydrogens (tertiary/aromatic N) is 4. The van der Waals surface area contributed by atoms with Crippen LogP contribution in [0.1, 0.15) is 23.8 Å². The molecule has 4 rings (SSSR count). The molecule has 1 aromatic heterocycles. The van der Waals surface area contributed by atoms with E-state index in [0.717, 1.165) is 32.8 Å². The van der Waals surface area contributed by atoms with Crippen LogP contribution < -0.4 is 20.3 Å². The molecule has 0 radical (unpaired) electrons. The molecule has 2 saturated heterocycles. The Morgan fingerprint density at radius 2 is 1.94 bits per heavy atom. The van der Waals surface area contributed by atoms with Gasteiger partial charge in [-0.25, -0.2) is 4.98 Å². The zero-order valence-electron chi connectivity index (χ0n) is 19.6. The average molecular weight is 475 g/mol. The number of anilines is 1. The number of ether oxygens (including phenoxy) is 3. The van der Waals surface area contributed by atoms with E-state index in [2.05, 4.69) is 25.5 Å². The summed E-state index contributed by atoms with van der Waals surface area (Å²) in [5, 5.41) is 15.7. The van der Waals surface area contributed by atoms with Crippen LogP contribution >= 0.6 is 0 Å². The average Bonchev–Trinajstić information content (AvgIpc) is 2.86. The number of carbonyl (C=O) groups excluding carboxylic acids is 1. The number of rotatable bonds is 9. The summed E-state index contributed by atoms with van der Waals surface area (Å²) >= 11 is 0. The molecule has 2 aliphatic heterocycles. The molecule has 11 nitrogen and oxygen atoms in total. The molecule has 3 aliphatic rings. The molecule has 11 heteroatoms. The zero-order valence-corrected chi connectivity index (χ0v) is 19.6. The highest BCUT2D eigenvalue weighted by Crippen LogP contribution is 2.19. The second-order valence-corrected chi connectivity index (χ2v) is 8.43. The highest BCUT2D eigenvalue weighted by Gasteiger charge is 2.23. The van der Waals surface area contributed by atoms with E-state index in [-0.39, 0.29) is 17.6 Å². The van der Waals surface area contributed by atoms with E-state index in [1.807, 2.05) is 23.1 Å². The van der Waals surface area contributed by atoms with Crippen LogP contribution in [0.3, 0.4) is 0 Å². The van der Waals surface area contributed by atoms with Crippen molar-refractivity contribution in [2.24, 2.45) is 0 Å². The molecule has 0 saturated carbocycles. The van der Waals surface area contributed by atoms with Gasteiger partial charge in [0.2, 0.25) is 11.8 Å². The Morgan fingerprint density at radius 1 is 1.21 bits per heavy atom. The van der Waals surface area contributed by atoms with Gasteiger partial charge in [0.1, 0.15) is 18.5 Å². The second kappa shape index (κ2) is 12.2. The van der Waals surface area contributed by atoms with Gasteiger partial charge < -0.3 is 29.5 Å². The summed E-state index contributed by atoms with van der Waals surface area (Å²) in [6.07, 6.45) is 5.66. The van der Waals surface area contributed by atoms with Gasteiger partial charge in [-0.05, 0) is 19.4 Å².